The largest absolute Gasteiger partial charge is 0.504 e. The van der Waals surface area contributed by atoms with Gasteiger partial charge in [0.2, 0.25) is 5.75 Å². The van der Waals surface area contributed by atoms with E-state index in [2.05, 4.69) is 0 Å². The number of hydrogen-bond acceptors (Lipinski definition) is 4. The zero-order valence-corrected chi connectivity index (χ0v) is 13.7. The number of hydrogen-bond donors (Lipinski definition) is 2. The molecule has 2 rings (SSSR count). The Hall–Kier alpha value is -2.95. The first-order valence-corrected chi connectivity index (χ1v) is 7.69. The molecular weight excluding hydrogens is 308 g/mol. The van der Waals surface area contributed by atoms with Crippen LogP contribution in [0.5, 0.6) is 17.2 Å². The maximum absolute atomic E-state index is 10.9. The summed E-state index contributed by atoms with van der Waals surface area (Å²) in [4.78, 5) is 10.9. The molecule has 0 amide bonds. The van der Waals surface area contributed by atoms with E-state index in [1.807, 2.05) is 26.0 Å². The lowest BCUT2D eigenvalue weighted by atomic mass is 10.1. The quantitative estimate of drug-likeness (QED) is 0.750. The zero-order valence-electron chi connectivity index (χ0n) is 13.7. The summed E-state index contributed by atoms with van der Waals surface area (Å²) in [7, 11) is 0. The Morgan fingerprint density at radius 2 is 1.58 bits per heavy atom. The molecule has 2 aromatic carbocycles. The van der Waals surface area contributed by atoms with Crippen LogP contribution in [0.15, 0.2) is 36.4 Å². The van der Waals surface area contributed by atoms with Crippen LogP contribution in [0.3, 0.4) is 0 Å². The number of aromatic hydroxyl groups is 1. The highest BCUT2D eigenvalue weighted by molar-refractivity contribution is 5.88. The van der Waals surface area contributed by atoms with E-state index in [0.29, 0.717) is 24.7 Å². The normalized spacial score (nSPS) is 10.8. The van der Waals surface area contributed by atoms with Gasteiger partial charge >= 0.3 is 5.97 Å². The molecule has 0 aromatic heterocycles. The lowest BCUT2D eigenvalue weighted by Gasteiger charge is -2.14. The van der Waals surface area contributed by atoms with Crippen molar-refractivity contribution in [3.8, 4) is 17.2 Å². The average Bonchev–Trinajstić information content (AvgIpc) is 2.58. The fourth-order valence-electron chi connectivity index (χ4n) is 2.20. The first-order valence-electron chi connectivity index (χ1n) is 7.69. The lowest BCUT2D eigenvalue weighted by Crippen LogP contribution is -2.00. The average molecular weight is 328 g/mol. The minimum Gasteiger partial charge on any atom is -0.504 e. The van der Waals surface area contributed by atoms with Crippen molar-refractivity contribution in [2.75, 3.05) is 13.2 Å². The molecule has 5 heteroatoms. The van der Waals surface area contributed by atoms with Crippen LogP contribution in [-0.4, -0.2) is 29.4 Å². The molecule has 2 N–H and O–H groups in total. The van der Waals surface area contributed by atoms with E-state index in [1.165, 1.54) is 0 Å². The van der Waals surface area contributed by atoms with Gasteiger partial charge in [-0.1, -0.05) is 24.3 Å². The molecular formula is C19H20O5. The van der Waals surface area contributed by atoms with Crippen LogP contribution < -0.4 is 9.47 Å². The molecule has 0 aliphatic rings. The van der Waals surface area contributed by atoms with Gasteiger partial charge in [0.05, 0.1) is 18.8 Å². The van der Waals surface area contributed by atoms with Gasteiger partial charge in [-0.2, -0.15) is 0 Å². The molecule has 5 nitrogen and oxygen atoms in total. The molecule has 126 valence electrons. The van der Waals surface area contributed by atoms with E-state index >= 15 is 0 Å². The molecule has 0 spiro atoms. The number of carbonyl (C=O) groups is 1. The third kappa shape index (κ3) is 4.07. The van der Waals surface area contributed by atoms with E-state index in [1.54, 1.807) is 36.4 Å². The standard InChI is InChI=1S/C19H20O5/c1-3-23-17-14(11-12-16(20)18(17)24-4-2)8-5-13-6-9-15(10-7-13)19(21)22/h5-12,20H,3-4H2,1-2H3,(H,21,22). The minimum atomic E-state index is -0.955. The third-order valence-electron chi connectivity index (χ3n) is 3.31. The number of carboxylic acids is 1. The second-order valence-electron chi connectivity index (χ2n) is 4.96. The van der Waals surface area contributed by atoms with E-state index in [0.717, 1.165) is 11.1 Å². The lowest BCUT2D eigenvalue weighted by molar-refractivity contribution is 0.0697. The Kier molecular flexibility index (Phi) is 5.84. The first kappa shape index (κ1) is 17.4. The van der Waals surface area contributed by atoms with Gasteiger partial charge in [-0.3, -0.25) is 0 Å². The Morgan fingerprint density at radius 1 is 0.958 bits per heavy atom. The highest BCUT2D eigenvalue weighted by Crippen LogP contribution is 2.40. The SMILES string of the molecule is CCOc1c(O)ccc(C=Cc2ccc(C(=O)O)cc2)c1OCC. The number of benzene rings is 2. The summed E-state index contributed by atoms with van der Waals surface area (Å²) in [5, 5.41) is 18.9. The van der Waals surface area contributed by atoms with Crippen molar-refractivity contribution in [2.24, 2.45) is 0 Å². The van der Waals surface area contributed by atoms with Crippen LogP contribution in [0, 0.1) is 0 Å². The Balaban J connectivity index is 2.33. The molecule has 0 aliphatic heterocycles. The van der Waals surface area contributed by atoms with Gasteiger partial charge in [0.25, 0.3) is 0 Å². The van der Waals surface area contributed by atoms with E-state index in [9.17, 15) is 9.90 Å². The van der Waals surface area contributed by atoms with Crippen molar-refractivity contribution >= 4 is 18.1 Å². The summed E-state index contributed by atoms with van der Waals surface area (Å²) in [6, 6.07) is 9.85. The van der Waals surface area contributed by atoms with Crippen LogP contribution >= 0.6 is 0 Å². The van der Waals surface area contributed by atoms with Crippen molar-refractivity contribution in [3.05, 3.63) is 53.1 Å². The molecule has 0 radical (unpaired) electrons. The topological polar surface area (TPSA) is 76.0 Å². The van der Waals surface area contributed by atoms with Crippen molar-refractivity contribution in [3.63, 3.8) is 0 Å². The van der Waals surface area contributed by atoms with Crippen molar-refractivity contribution in [1.29, 1.82) is 0 Å². The molecule has 0 unspecified atom stereocenters. The summed E-state index contributed by atoms with van der Waals surface area (Å²) in [6.07, 6.45) is 3.68. The van der Waals surface area contributed by atoms with Gasteiger partial charge in [-0.05, 0) is 43.7 Å². The predicted molar refractivity (Wildman–Crippen MR) is 92.8 cm³/mol. The molecule has 0 fully saturated rings. The number of ether oxygens (including phenoxy) is 2. The fraction of sp³-hybridized carbons (Fsp3) is 0.211. The van der Waals surface area contributed by atoms with Gasteiger partial charge in [0.15, 0.2) is 11.5 Å². The van der Waals surface area contributed by atoms with E-state index in [-0.39, 0.29) is 11.3 Å². The summed E-state index contributed by atoms with van der Waals surface area (Å²) in [6.45, 7) is 4.55. The van der Waals surface area contributed by atoms with Gasteiger partial charge in [0, 0.05) is 5.56 Å². The van der Waals surface area contributed by atoms with Gasteiger partial charge in [-0.25, -0.2) is 4.79 Å². The molecule has 0 saturated heterocycles. The van der Waals surface area contributed by atoms with Crippen LogP contribution in [-0.2, 0) is 0 Å². The highest BCUT2D eigenvalue weighted by atomic mass is 16.5. The molecule has 2 aromatic rings. The minimum absolute atomic E-state index is 0.0308. The Morgan fingerprint density at radius 3 is 2.17 bits per heavy atom. The third-order valence-corrected chi connectivity index (χ3v) is 3.31. The molecule has 24 heavy (non-hydrogen) atoms. The molecule has 0 aliphatic carbocycles. The van der Waals surface area contributed by atoms with E-state index < -0.39 is 5.97 Å². The maximum Gasteiger partial charge on any atom is 0.335 e. The number of aromatic carboxylic acids is 1. The van der Waals surface area contributed by atoms with Crippen LogP contribution in [0.2, 0.25) is 0 Å². The number of phenols is 1. The number of carboxylic acid groups (broad SMARTS) is 1. The van der Waals surface area contributed by atoms with Crippen LogP contribution in [0.4, 0.5) is 0 Å². The summed E-state index contributed by atoms with van der Waals surface area (Å²) in [5.74, 6) is -0.118. The predicted octanol–water partition coefficient (Wildman–Crippen LogP) is 4.06. The molecule has 0 bridgehead atoms. The number of phenolic OH excluding ortho intramolecular Hbond substituents is 1. The van der Waals surface area contributed by atoms with Gasteiger partial charge < -0.3 is 19.7 Å². The zero-order chi connectivity index (χ0) is 17.5. The summed E-state index contributed by atoms with van der Waals surface area (Å²) >= 11 is 0. The fourth-order valence-corrected chi connectivity index (χ4v) is 2.20. The van der Waals surface area contributed by atoms with Crippen molar-refractivity contribution < 1.29 is 24.5 Å². The van der Waals surface area contributed by atoms with Gasteiger partial charge in [-0.15, -0.1) is 0 Å². The Bertz CT molecular complexity index is 732. The maximum atomic E-state index is 10.9. The molecule has 0 saturated carbocycles. The highest BCUT2D eigenvalue weighted by Gasteiger charge is 2.14. The second kappa shape index (κ2) is 8.06. The smallest absolute Gasteiger partial charge is 0.335 e. The second-order valence-corrected chi connectivity index (χ2v) is 4.96. The monoisotopic (exact) mass is 328 g/mol. The first-order chi connectivity index (χ1) is 11.6. The molecule has 0 heterocycles. The number of rotatable bonds is 7. The molecule has 0 atom stereocenters. The van der Waals surface area contributed by atoms with Crippen molar-refractivity contribution in [1.82, 2.24) is 0 Å². The van der Waals surface area contributed by atoms with Gasteiger partial charge in [0.1, 0.15) is 0 Å². The van der Waals surface area contributed by atoms with Crippen molar-refractivity contribution in [2.45, 2.75) is 13.8 Å². The van der Waals surface area contributed by atoms with E-state index in [4.69, 9.17) is 14.6 Å². The summed E-state index contributed by atoms with van der Waals surface area (Å²) < 4.78 is 11.1. The Labute approximate surface area is 140 Å². The van der Waals surface area contributed by atoms with Crippen LogP contribution in [0.25, 0.3) is 12.2 Å². The van der Waals surface area contributed by atoms with Crippen LogP contribution in [0.1, 0.15) is 35.3 Å². The summed E-state index contributed by atoms with van der Waals surface area (Å²) in [5.41, 5.74) is 1.86.